The molecule has 8 heteroatoms. The van der Waals surface area contributed by atoms with Crippen molar-refractivity contribution in [3.8, 4) is 0 Å². The Balaban J connectivity index is 1.63. The van der Waals surface area contributed by atoms with Crippen LogP contribution in [0.3, 0.4) is 0 Å². The van der Waals surface area contributed by atoms with Gasteiger partial charge in [0, 0.05) is 31.5 Å². The van der Waals surface area contributed by atoms with Crippen LogP contribution in [0.25, 0.3) is 0 Å². The third-order valence-electron chi connectivity index (χ3n) is 3.55. The van der Waals surface area contributed by atoms with Crippen molar-refractivity contribution in [1.29, 1.82) is 0 Å². The first-order valence-electron chi connectivity index (χ1n) is 7.36. The molecule has 21 heavy (non-hydrogen) atoms. The van der Waals surface area contributed by atoms with Crippen LogP contribution in [0.1, 0.15) is 29.3 Å². The molecule has 0 aliphatic carbocycles. The molecule has 0 fully saturated rings. The lowest BCUT2D eigenvalue weighted by Crippen LogP contribution is -2.16. The Kier molecular flexibility index (Phi) is 4.34. The highest BCUT2D eigenvalue weighted by Crippen LogP contribution is 2.19. The maximum absolute atomic E-state index is 4.58. The quantitative estimate of drug-likeness (QED) is 0.667. The summed E-state index contributed by atoms with van der Waals surface area (Å²) in [5.41, 5.74) is 2.43. The van der Waals surface area contributed by atoms with Gasteiger partial charge in [-0.3, -0.25) is 0 Å². The SMILES string of the molecule is Cc1nc2c(c(NCCCc3nn[nH]n3)n1)CCNCC2. The molecule has 3 rings (SSSR count). The van der Waals surface area contributed by atoms with Crippen molar-refractivity contribution in [2.24, 2.45) is 0 Å². The van der Waals surface area contributed by atoms with Crippen molar-refractivity contribution in [1.82, 2.24) is 35.9 Å². The maximum Gasteiger partial charge on any atom is 0.174 e. The summed E-state index contributed by atoms with van der Waals surface area (Å²) in [6, 6.07) is 0. The number of aromatic nitrogens is 6. The van der Waals surface area contributed by atoms with Gasteiger partial charge >= 0.3 is 0 Å². The average molecular weight is 288 g/mol. The maximum atomic E-state index is 4.58. The summed E-state index contributed by atoms with van der Waals surface area (Å²) in [7, 11) is 0. The van der Waals surface area contributed by atoms with Gasteiger partial charge in [0.15, 0.2) is 5.82 Å². The molecule has 0 atom stereocenters. The van der Waals surface area contributed by atoms with Crippen molar-refractivity contribution in [3.63, 3.8) is 0 Å². The van der Waals surface area contributed by atoms with E-state index in [1.807, 2.05) is 6.92 Å². The molecule has 0 unspecified atom stereocenters. The highest BCUT2D eigenvalue weighted by Gasteiger charge is 2.15. The number of aryl methyl sites for hydroxylation is 2. The molecule has 8 nitrogen and oxygen atoms in total. The van der Waals surface area contributed by atoms with E-state index in [2.05, 4.69) is 41.2 Å². The Morgan fingerprint density at radius 3 is 2.95 bits per heavy atom. The first kappa shape index (κ1) is 13.9. The van der Waals surface area contributed by atoms with Gasteiger partial charge in [0.25, 0.3) is 0 Å². The average Bonchev–Trinajstić information content (AvgIpc) is 2.88. The fourth-order valence-electron chi connectivity index (χ4n) is 2.56. The summed E-state index contributed by atoms with van der Waals surface area (Å²) in [6.45, 7) is 4.76. The fraction of sp³-hybridized carbons (Fsp3) is 0.615. The zero-order chi connectivity index (χ0) is 14.5. The molecule has 112 valence electrons. The van der Waals surface area contributed by atoms with Crippen molar-refractivity contribution in [3.05, 3.63) is 22.9 Å². The van der Waals surface area contributed by atoms with Crippen LogP contribution in [-0.4, -0.2) is 50.2 Å². The number of anilines is 1. The van der Waals surface area contributed by atoms with Gasteiger partial charge in [-0.1, -0.05) is 5.21 Å². The van der Waals surface area contributed by atoms with Crippen LogP contribution < -0.4 is 10.6 Å². The van der Waals surface area contributed by atoms with Crippen LogP contribution in [-0.2, 0) is 19.3 Å². The van der Waals surface area contributed by atoms with E-state index in [0.29, 0.717) is 0 Å². The largest absolute Gasteiger partial charge is 0.370 e. The van der Waals surface area contributed by atoms with Crippen LogP contribution in [0.5, 0.6) is 0 Å². The van der Waals surface area contributed by atoms with Crippen LogP contribution in [0, 0.1) is 6.92 Å². The number of nitrogens with one attached hydrogen (secondary N) is 3. The lowest BCUT2D eigenvalue weighted by Gasteiger charge is -2.13. The van der Waals surface area contributed by atoms with Crippen molar-refractivity contribution in [2.75, 3.05) is 25.0 Å². The molecule has 1 aliphatic heterocycles. The lowest BCUT2D eigenvalue weighted by molar-refractivity contribution is 0.708. The number of rotatable bonds is 5. The van der Waals surface area contributed by atoms with E-state index < -0.39 is 0 Å². The molecular weight excluding hydrogens is 268 g/mol. The normalized spacial score (nSPS) is 14.5. The molecule has 2 aromatic rings. The third-order valence-corrected chi connectivity index (χ3v) is 3.55. The third kappa shape index (κ3) is 3.52. The summed E-state index contributed by atoms with van der Waals surface area (Å²) < 4.78 is 0. The molecule has 1 aliphatic rings. The van der Waals surface area contributed by atoms with Crippen molar-refractivity contribution in [2.45, 2.75) is 32.6 Å². The molecule has 3 heterocycles. The van der Waals surface area contributed by atoms with Gasteiger partial charge in [0.2, 0.25) is 0 Å². The van der Waals surface area contributed by atoms with E-state index in [-0.39, 0.29) is 0 Å². The van der Waals surface area contributed by atoms with Gasteiger partial charge < -0.3 is 10.6 Å². The summed E-state index contributed by atoms with van der Waals surface area (Å²) in [6.07, 6.45) is 3.69. The van der Waals surface area contributed by atoms with Gasteiger partial charge in [-0.2, -0.15) is 5.21 Å². The molecular formula is C13H20N8. The molecule has 0 radical (unpaired) electrons. The van der Waals surface area contributed by atoms with Gasteiger partial charge in [0.05, 0.1) is 5.69 Å². The van der Waals surface area contributed by atoms with Gasteiger partial charge in [-0.25, -0.2) is 9.97 Å². The number of tetrazole rings is 1. The minimum absolute atomic E-state index is 0.749. The smallest absolute Gasteiger partial charge is 0.174 e. The number of H-pyrrole nitrogens is 1. The second-order valence-corrected chi connectivity index (χ2v) is 5.15. The highest BCUT2D eigenvalue weighted by molar-refractivity contribution is 5.47. The first-order valence-corrected chi connectivity index (χ1v) is 7.36. The zero-order valence-corrected chi connectivity index (χ0v) is 12.2. The molecule has 2 aromatic heterocycles. The summed E-state index contributed by atoms with van der Waals surface area (Å²) in [5, 5.41) is 20.8. The Hall–Kier alpha value is -2.09. The minimum atomic E-state index is 0.749. The molecule has 0 spiro atoms. The predicted molar refractivity (Wildman–Crippen MR) is 78.0 cm³/mol. The van der Waals surface area contributed by atoms with E-state index in [1.54, 1.807) is 0 Å². The number of hydrogen-bond acceptors (Lipinski definition) is 7. The Morgan fingerprint density at radius 1 is 1.19 bits per heavy atom. The molecule has 0 amide bonds. The van der Waals surface area contributed by atoms with Gasteiger partial charge in [-0.15, -0.1) is 10.2 Å². The van der Waals surface area contributed by atoms with Crippen LogP contribution in [0.2, 0.25) is 0 Å². The number of fused-ring (bicyclic) bond motifs is 1. The van der Waals surface area contributed by atoms with E-state index in [9.17, 15) is 0 Å². The second-order valence-electron chi connectivity index (χ2n) is 5.15. The van der Waals surface area contributed by atoms with Crippen LogP contribution >= 0.6 is 0 Å². The standard InChI is InChI=1S/C13H20N8/c1-9-16-11-5-8-14-7-4-10(11)13(17-9)15-6-2-3-12-18-20-21-19-12/h14H,2-8H2,1H3,(H,15,16,17)(H,18,19,20,21). The highest BCUT2D eigenvalue weighted by atomic mass is 15.5. The van der Waals surface area contributed by atoms with Crippen LogP contribution in [0.4, 0.5) is 5.82 Å². The number of nitrogens with zero attached hydrogens (tertiary/aromatic N) is 5. The summed E-state index contributed by atoms with van der Waals surface area (Å²) in [4.78, 5) is 9.14. The Labute approximate surface area is 123 Å². The molecule has 3 N–H and O–H groups in total. The zero-order valence-electron chi connectivity index (χ0n) is 12.2. The number of hydrogen-bond donors (Lipinski definition) is 3. The summed E-state index contributed by atoms with van der Waals surface area (Å²) in [5.74, 6) is 2.56. The Bertz CT molecular complexity index is 580. The van der Waals surface area contributed by atoms with Gasteiger partial charge in [-0.05, 0) is 26.3 Å². The van der Waals surface area contributed by atoms with E-state index in [1.165, 1.54) is 11.3 Å². The van der Waals surface area contributed by atoms with Crippen molar-refractivity contribution < 1.29 is 0 Å². The molecule has 0 saturated carbocycles. The summed E-state index contributed by atoms with van der Waals surface area (Å²) >= 11 is 0. The van der Waals surface area contributed by atoms with E-state index >= 15 is 0 Å². The van der Waals surface area contributed by atoms with E-state index in [0.717, 1.165) is 62.8 Å². The topological polar surface area (TPSA) is 104 Å². The van der Waals surface area contributed by atoms with Gasteiger partial charge in [0.1, 0.15) is 11.6 Å². The predicted octanol–water partition coefficient (Wildman–Crippen LogP) is 0.0310. The molecule has 0 saturated heterocycles. The Morgan fingerprint density at radius 2 is 2.10 bits per heavy atom. The second kappa shape index (κ2) is 6.57. The lowest BCUT2D eigenvalue weighted by atomic mass is 10.1. The fourth-order valence-corrected chi connectivity index (χ4v) is 2.56. The first-order chi connectivity index (χ1) is 10.3. The minimum Gasteiger partial charge on any atom is -0.370 e. The monoisotopic (exact) mass is 288 g/mol. The van der Waals surface area contributed by atoms with E-state index in [4.69, 9.17) is 0 Å². The molecule has 0 aromatic carbocycles. The van der Waals surface area contributed by atoms with Crippen molar-refractivity contribution >= 4 is 5.82 Å². The number of aromatic amines is 1. The van der Waals surface area contributed by atoms with Crippen LogP contribution in [0.15, 0.2) is 0 Å². The molecule has 0 bridgehead atoms.